The SMILES string of the molecule is COc1ccc([C@H](c2c(NC(=O)c3ccccc3)sc(C)c2C)[NH+]2CCC(C)CC2)cc1. The van der Waals surface area contributed by atoms with Crippen molar-refractivity contribution in [3.63, 3.8) is 0 Å². The summed E-state index contributed by atoms with van der Waals surface area (Å²) >= 11 is 1.69. The van der Waals surface area contributed by atoms with Gasteiger partial charge in [-0.3, -0.25) is 4.79 Å². The maximum Gasteiger partial charge on any atom is 0.256 e. The van der Waals surface area contributed by atoms with E-state index in [4.69, 9.17) is 4.74 Å². The van der Waals surface area contributed by atoms with Gasteiger partial charge in [0.25, 0.3) is 5.91 Å². The average molecular weight is 450 g/mol. The zero-order chi connectivity index (χ0) is 22.7. The topological polar surface area (TPSA) is 42.8 Å². The number of anilines is 1. The number of rotatable bonds is 6. The zero-order valence-electron chi connectivity index (χ0n) is 19.4. The number of aryl methyl sites for hydroxylation is 1. The summed E-state index contributed by atoms with van der Waals surface area (Å²) in [5, 5.41) is 4.22. The van der Waals surface area contributed by atoms with Crippen molar-refractivity contribution >= 4 is 22.2 Å². The molecule has 2 N–H and O–H groups in total. The molecule has 1 aromatic heterocycles. The fourth-order valence-electron chi connectivity index (χ4n) is 4.67. The van der Waals surface area contributed by atoms with E-state index in [1.807, 2.05) is 42.5 Å². The van der Waals surface area contributed by atoms with Crippen molar-refractivity contribution in [1.29, 1.82) is 0 Å². The highest BCUT2D eigenvalue weighted by molar-refractivity contribution is 7.16. The van der Waals surface area contributed by atoms with Gasteiger partial charge in [0.2, 0.25) is 0 Å². The molecule has 4 rings (SSSR count). The molecular formula is C27H33N2O2S+. The van der Waals surface area contributed by atoms with E-state index in [9.17, 15) is 4.79 Å². The van der Waals surface area contributed by atoms with Crippen molar-refractivity contribution in [1.82, 2.24) is 0 Å². The maximum atomic E-state index is 13.0. The summed E-state index contributed by atoms with van der Waals surface area (Å²) in [7, 11) is 1.70. The van der Waals surface area contributed by atoms with Crippen molar-refractivity contribution in [3.8, 4) is 5.75 Å². The lowest BCUT2D eigenvalue weighted by Crippen LogP contribution is -3.13. The van der Waals surface area contributed by atoms with Crippen LogP contribution in [0.5, 0.6) is 5.75 Å². The second-order valence-corrected chi connectivity index (χ2v) is 10.1. The van der Waals surface area contributed by atoms with E-state index >= 15 is 0 Å². The minimum absolute atomic E-state index is 0.0520. The van der Waals surface area contributed by atoms with Crippen LogP contribution in [0.1, 0.15) is 57.7 Å². The van der Waals surface area contributed by atoms with Crippen molar-refractivity contribution in [2.24, 2.45) is 5.92 Å². The number of likely N-dealkylation sites (tertiary alicyclic amines) is 1. The monoisotopic (exact) mass is 449 g/mol. The molecule has 5 heteroatoms. The van der Waals surface area contributed by atoms with Crippen LogP contribution < -0.4 is 15.0 Å². The number of quaternary nitrogens is 1. The highest BCUT2D eigenvalue weighted by Gasteiger charge is 2.34. The molecule has 0 bridgehead atoms. The number of hydrogen-bond donors (Lipinski definition) is 2. The van der Waals surface area contributed by atoms with Crippen LogP contribution in [-0.2, 0) is 0 Å². The van der Waals surface area contributed by atoms with Gasteiger partial charge in [-0.2, -0.15) is 0 Å². The van der Waals surface area contributed by atoms with E-state index in [-0.39, 0.29) is 11.9 Å². The van der Waals surface area contributed by atoms with Crippen LogP contribution in [0.25, 0.3) is 0 Å². The number of nitrogens with one attached hydrogen (secondary N) is 2. The van der Waals surface area contributed by atoms with Crippen LogP contribution in [0.2, 0.25) is 0 Å². The fourth-order valence-corrected chi connectivity index (χ4v) is 5.77. The molecule has 2 aromatic carbocycles. The third kappa shape index (κ3) is 4.74. The molecule has 0 radical (unpaired) electrons. The maximum absolute atomic E-state index is 13.0. The molecule has 4 nitrogen and oxygen atoms in total. The van der Waals surface area contributed by atoms with E-state index in [2.05, 4.69) is 38.2 Å². The molecule has 32 heavy (non-hydrogen) atoms. The first-order valence-corrected chi connectivity index (χ1v) is 12.2. The largest absolute Gasteiger partial charge is 0.497 e. The van der Waals surface area contributed by atoms with Gasteiger partial charge in [0.05, 0.1) is 25.8 Å². The Bertz CT molecular complexity index is 1050. The minimum atomic E-state index is -0.0520. The Morgan fingerprint density at radius 1 is 1.06 bits per heavy atom. The third-order valence-electron chi connectivity index (χ3n) is 6.76. The number of carbonyl (C=O) groups excluding carboxylic acids is 1. The van der Waals surface area contributed by atoms with E-state index in [0.717, 1.165) is 29.8 Å². The zero-order valence-corrected chi connectivity index (χ0v) is 20.2. The van der Waals surface area contributed by atoms with Gasteiger partial charge in [0, 0.05) is 16.0 Å². The van der Waals surface area contributed by atoms with Gasteiger partial charge in [0.1, 0.15) is 16.8 Å². The van der Waals surface area contributed by atoms with Crippen molar-refractivity contribution < 1.29 is 14.4 Å². The molecule has 1 aliphatic rings. The van der Waals surface area contributed by atoms with Gasteiger partial charge in [-0.1, -0.05) is 25.1 Å². The highest BCUT2D eigenvalue weighted by Crippen LogP contribution is 2.39. The molecule has 168 valence electrons. The molecule has 1 amide bonds. The number of ether oxygens (including phenoxy) is 1. The van der Waals surface area contributed by atoms with E-state index in [0.29, 0.717) is 5.56 Å². The Morgan fingerprint density at radius 3 is 2.34 bits per heavy atom. The lowest BCUT2D eigenvalue weighted by atomic mass is 9.91. The normalized spacial score (nSPS) is 19.4. The first-order chi connectivity index (χ1) is 15.5. The van der Waals surface area contributed by atoms with Crippen LogP contribution in [-0.4, -0.2) is 26.1 Å². The summed E-state index contributed by atoms with van der Waals surface area (Å²) in [5.74, 6) is 1.59. The van der Waals surface area contributed by atoms with Crippen molar-refractivity contribution in [2.45, 2.75) is 39.7 Å². The first-order valence-electron chi connectivity index (χ1n) is 11.4. The summed E-state index contributed by atoms with van der Waals surface area (Å²) < 4.78 is 5.41. The average Bonchev–Trinajstić information content (AvgIpc) is 3.09. The molecule has 0 unspecified atom stereocenters. The van der Waals surface area contributed by atoms with E-state index in [1.54, 1.807) is 23.3 Å². The van der Waals surface area contributed by atoms with E-state index < -0.39 is 0 Å². The van der Waals surface area contributed by atoms with Gasteiger partial charge in [-0.15, -0.1) is 11.3 Å². The number of methoxy groups -OCH3 is 1. The Morgan fingerprint density at radius 2 is 1.72 bits per heavy atom. The smallest absolute Gasteiger partial charge is 0.256 e. The van der Waals surface area contributed by atoms with Crippen LogP contribution in [0, 0.1) is 19.8 Å². The van der Waals surface area contributed by atoms with Gasteiger partial charge >= 0.3 is 0 Å². The Hall–Kier alpha value is -2.63. The third-order valence-corrected chi connectivity index (χ3v) is 7.90. The van der Waals surface area contributed by atoms with Gasteiger partial charge in [-0.05, 0) is 74.6 Å². The van der Waals surface area contributed by atoms with Gasteiger partial charge in [-0.25, -0.2) is 0 Å². The second-order valence-electron chi connectivity index (χ2n) is 8.89. The second kappa shape index (κ2) is 9.88. The molecule has 3 aromatic rings. The number of carbonyl (C=O) groups is 1. The van der Waals surface area contributed by atoms with Crippen molar-refractivity contribution in [3.05, 3.63) is 81.7 Å². The predicted octanol–water partition coefficient (Wildman–Crippen LogP) is 5.03. The molecule has 1 saturated heterocycles. The Balaban J connectivity index is 1.75. The molecule has 0 spiro atoms. The molecule has 1 aliphatic heterocycles. The quantitative estimate of drug-likeness (QED) is 0.554. The Labute approximate surface area is 195 Å². The highest BCUT2D eigenvalue weighted by atomic mass is 32.1. The minimum Gasteiger partial charge on any atom is -0.497 e. The van der Waals surface area contributed by atoms with Gasteiger partial charge in [0.15, 0.2) is 0 Å². The molecular weight excluding hydrogens is 416 g/mol. The van der Waals surface area contributed by atoms with Crippen molar-refractivity contribution in [2.75, 3.05) is 25.5 Å². The Kier molecular flexibility index (Phi) is 6.97. The number of piperidine rings is 1. The van der Waals surface area contributed by atoms with E-state index in [1.165, 1.54) is 34.4 Å². The molecule has 0 saturated carbocycles. The predicted molar refractivity (Wildman–Crippen MR) is 132 cm³/mol. The summed E-state index contributed by atoms with van der Waals surface area (Å²) in [5.41, 5.74) is 4.49. The molecule has 2 heterocycles. The summed E-state index contributed by atoms with van der Waals surface area (Å²) in [6.07, 6.45) is 2.46. The number of thiophene rings is 1. The van der Waals surface area contributed by atoms with Crippen LogP contribution in [0.3, 0.4) is 0 Å². The first kappa shape index (κ1) is 22.6. The molecule has 1 atom stereocenters. The number of amides is 1. The number of benzene rings is 2. The summed E-state index contributed by atoms with van der Waals surface area (Å²) in [6, 6.07) is 18.1. The fraction of sp³-hybridized carbons (Fsp3) is 0.370. The lowest BCUT2D eigenvalue weighted by Gasteiger charge is -2.35. The van der Waals surface area contributed by atoms with Gasteiger partial charge < -0.3 is 15.0 Å². The standard InChI is InChI=1S/C27H32N2O2S/c1-18-14-16-29(17-15-18)25(21-10-12-23(31-4)13-11-21)24-19(2)20(3)32-27(24)28-26(30)22-8-6-5-7-9-22/h5-13,18,25H,14-17H2,1-4H3,(H,28,30)/p+1/t25-/m1/s1. The lowest BCUT2D eigenvalue weighted by molar-refractivity contribution is -0.931. The van der Waals surface area contributed by atoms with Crippen LogP contribution in [0.4, 0.5) is 5.00 Å². The molecule has 1 fully saturated rings. The molecule has 0 aliphatic carbocycles. The van der Waals surface area contributed by atoms with Crippen LogP contribution in [0.15, 0.2) is 54.6 Å². The number of hydrogen-bond acceptors (Lipinski definition) is 3. The summed E-state index contributed by atoms with van der Waals surface area (Å²) in [6.45, 7) is 8.98. The van der Waals surface area contributed by atoms with Crippen LogP contribution >= 0.6 is 11.3 Å². The summed E-state index contributed by atoms with van der Waals surface area (Å²) in [4.78, 5) is 15.9.